The molecular formula is C12H14N4S. The third kappa shape index (κ3) is 2.62. The summed E-state index contributed by atoms with van der Waals surface area (Å²) < 4.78 is 1.85. The van der Waals surface area contributed by atoms with Gasteiger partial charge in [0, 0.05) is 30.1 Å². The predicted octanol–water partition coefficient (Wildman–Crippen LogP) is 2.28. The number of hydrogen-bond donors (Lipinski definition) is 2. The fraction of sp³-hybridized carbons (Fsp3) is 0.167. The Hall–Kier alpha value is -1.88. The van der Waals surface area contributed by atoms with E-state index in [4.69, 9.17) is 18.0 Å². The molecule has 1 aromatic heterocycles. The van der Waals surface area contributed by atoms with Crippen LogP contribution in [0.1, 0.15) is 12.5 Å². The van der Waals surface area contributed by atoms with Gasteiger partial charge >= 0.3 is 0 Å². The Kier molecular flexibility index (Phi) is 3.39. The molecule has 0 spiro atoms. The van der Waals surface area contributed by atoms with Crippen molar-refractivity contribution in [1.82, 2.24) is 9.78 Å². The summed E-state index contributed by atoms with van der Waals surface area (Å²) in [7, 11) is 0. The van der Waals surface area contributed by atoms with Crippen molar-refractivity contribution in [2.75, 3.05) is 5.32 Å². The monoisotopic (exact) mass is 246 g/mol. The number of para-hydroxylation sites is 1. The molecule has 0 saturated heterocycles. The van der Waals surface area contributed by atoms with Crippen LogP contribution in [0.5, 0.6) is 0 Å². The maximum atomic E-state index is 5.67. The predicted molar refractivity (Wildman–Crippen MR) is 73.5 cm³/mol. The first-order chi connectivity index (χ1) is 8.20. The highest BCUT2D eigenvalue weighted by atomic mass is 32.1. The third-order valence-electron chi connectivity index (χ3n) is 2.42. The minimum atomic E-state index is 0.378. The average molecular weight is 246 g/mol. The molecule has 1 aromatic carbocycles. The zero-order valence-electron chi connectivity index (χ0n) is 9.55. The Morgan fingerprint density at radius 2 is 2.18 bits per heavy atom. The minimum absolute atomic E-state index is 0.378. The fourth-order valence-corrected chi connectivity index (χ4v) is 1.73. The number of anilines is 2. The van der Waals surface area contributed by atoms with Crippen LogP contribution in [0.3, 0.4) is 0 Å². The van der Waals surface area contributed by atoms with Crippen molar-refractivity contribution in [2.45, 2.75) is 13.5 Å². The highest BCUT2D eigenvalue weighted by Gasteiger charge is 2.05. The van der Waals surface area contributed by atoms with Crippen molar-refractivity contribution in [1.29, 1.82) is 0 Å². The molecule has 88 valence electrons. The van der Waals surface area contributed by atoms with Crippen LogP contribution in [0.15, 0.2) is 36.5 Å². The molecule has 3 N–H and O–H groups in total. The summed E-state index contributed by atoms with van der Waals surface area (Å²) in [6.07, 6.45) is 1.92. The number of aromatic nitrogens is 2. The molecule has 0 aliphatic heterocycles. The van der Waals surface area contributed by atoms with E-state index in [9.17, 15) is 0 Å². The molecule has 0 aliphatic rings. The molecule has 0 fully saturated rings. The number of nitrogens with two attached hydrogens (primary N) is 1. The van der Waals surface area contributed by atoms with E-state index >= 15 is 0 Å². The zero-order chi connectivity index (χ0) is 12.3. The molecule has 0 aliphatic carbocycles. The normalized spacial score (nSPS) is 10.2. The molecule has 1 heterocycles. The van der Waals surface area contributed by atoms with E-state index in [1.54, 1.807) is 0 Å². The van der Waals surface area contributed by atoms with Crippen molar-refractivity contribution < 1.29 is 0 Å². The molecule has 0 radical (unpaired) electrons. The Balaban J connectivity index is 2.26. The summed E-state index contributed by atoms with van der Waals surface area (Å²) in [6, 6.07) is 9.58. The van der Waals surface area contributed by atoms with Crippen LogP contribution < -0.4 is 11.1 Å². The van der Waals surface area contributed by atoms with Crippen molar-refractivity contribution >= 4 is 28.7 Å². The average Bonchev–Trinajstić information content (AvgIpc) is 2.77. The lowest BCUT2D eigenvalue weighted by atomic mass is 10.2. The number of nitrogens with zero attached hydrogens (tertiary/aromatic N) is 2. The zero-order valence-corrected chi connectivity index (χ0v) is 10.4. The molecule has 0 bridgehead atoms. The number of aryl methyl sites for hydroxylation is 1. The number of nitrogens with one attached hydrogen (secondary N) is 1. The van der Waals surface area contributed by atoms with Crippen LogP contribution in [0.25, 0.3) is 0 Å². The van der Waals surface area contributed by atoms with Gasteiger partial charge < -0.3 is 11.1 Å². The maximum absolute atomic E-state index is 5.67. The Bertz CT molecular complexity index is 533. The van der Waals surface area contributed by atoms with Gasteiger partial charge in [-0.2, -0.15) is 5.10 Å². The minimum Gasteiger partial charge on any atom is -0.389 e. The molecule has 2 rings (SSSR count). The third-order valence-corrected chi connectivity index (χ3v) is 2.64. The summed E-state index contributed by atoms with van der Waals surface area (Å²) in [4.78, 5) is 0.378. The lowest BCUT2D eigenvalue weighted by molar-refractivity contribution is 0.662. The van der Waals surface area contributed by atoms with Gasteiger partial charge in [-0.3, -0.25) is 4.68 Å². The SMILES string of the molecule is CCn1ccc(Nc2ccccc2C(N)=S)n1. The lowest BCUT2D eigenvalue weighted by Gasteiger charge is -2.08. The van der Waals surface area contributed by atoms with Gasteiger partial charge in [0.25, 0.3) is 0 Å². The van der Waals surface area contributed by atoms with Gasteiger partial charge in [0.05, 0.1) is 0 Å². The van der Waals surface area contributed by atoms with Gasteiger partial charge in [-0.05, 0) is 19.1 Å². The second-order valence-electron chi connectivity index (χ2n) is 3.59. The smallest absolute Gasteiger partial charge is 0.152 e. The Labute approximate surface area is 105 Å². The van der Waals surface area contributed by atoms with Crippen molar-refractivity contribution in [3.8, 4) is 0 Å². The molecule has 4 nitrogen and oxygen atoms in total. The van der Waals surface area contributed by atoms with Crippen LogP contribution in [0.2, 0.25) is 0 Å². The van der Waals surface area contributed by atoms with Crippen LogP contribution >= 0.6 is 12.2 Å². The van der Waals surface area contributed by atoms with Crippen molar-refractivity contribution in [2.24, 2.45) is 5.73 Å². The number of benzene rings is 1. The van der Waals surface area contributed by atoms with E-state index in [1.807, 2.05) is 48.1 Å². The number of hydrogen-bond acceptors (Lipinski definition) is 3. The summed E-state index contributed by atoms with van der Waals surface area (Å²) >= 11 is 5.01. The largest absolute Gasteiger partial charge is 0.389 e. The van der Waals surface area contributed by atoms with E-state index < -0.39 is 0 Å². The van der Waals surface area contributed by atoms with Gasteiger partial charge in [0.2, 0.25) is 0 Å². The lowest BCUT2D eigenvalue weighted by Crippen LogP contribution is -2.11. The molecule has 2 aromatic rings. The van der Waals surface area contributed by atoms with E-state index in [2.05, 4.69) is 10.4 Å². The van der Waals surface area contributed by atoms with E-state index in [-0.39, 0.29) is 0 Å². The van der Waals surface area contributed by atoms with E-state index in [0.717, 1.165) is 23.6 Å². The van der Waals surface area contributed by atoms with Gasteiger partial charge in [0.1, 0.15) is 4.99 Å². The molecular weight excluding hydrogens is 232 g/mol. The molecule has 0 saturated carbocycles. The fourth-order valence-electron chi connectivity index (χ4n) is 1.55. The first-order valence-corrected chi connectivity index (χ1v) is 5.81. The van der Waals surface area contributed by atoms with Crippen LogP contribution in [0.4, 0.5) is 11.5 Å². The van der Waals surface area contributed by atoms with Crippen LogP contribution in [-0.4, -0.2) is 14.8 Å². The van der Waals surface area contributed by atoms with Crippen molar-refractivity contribution in [3.63, 3.8) is 0 Å². The summed E-state index contributed by atoms with van der Waals surface area (Å²) in [5.74, 6) is 0.788. The second kappa shape index (κ2) is 4.97. The quantitative estimate of drug-likeness (QED) is 0.813. The molecule has 17 heavy (non-hydrogen) atoms. The van der Waals surface area contributed by atoms with Gasteiger partial charge in [-0.15, -0.1) is 0 Å². The summed E-state index contributed by atoms with van der Waals surface area (Å²) in [6.45, 7) is 2.89. The maximum Gasteiger partial charge on any atom is 0.152 e. The topological polar surface area (TPSA) is 55.9 Å². The summed E-state index contributed by atoms with van der Waals surface area (Å²) in [5, 5.41) is 7.56. The van der Waals surface area contributed by atoms with Crippen molar-refractivity contribution in [3.05, 3.63) is 42.1 Å². The van der Waals surface area contributed by atoms with Gasteiger partial charge in [0.15, 0.2) is 5.82 Å². The highest BCUT2D eigenvalue weighted by Crippen LogP contribution is 2.19. The number of rotatable bonds is 4. The first kappa shape index (κ1) is 11.6. The van der Waals surface area contributed by atoms with Gasteiger partial charge in [-0.1, -0.05) is 24.4 Å². The molecule has 0 amide bonds. The molecule has 5 heteroatoms. The Morgan fingerprint density at radius 3 is 2.82 bits per heavy atom. The molecule has 0 atom stereocenters. The van der Waals surface area contributed by atoms with E-state index in [1.165, 1.54) is 0 Å². The number of thiocarbonyl (C=S) groups is 1. The van der Waals surface area contributed by atoms with Gasteiger partial charge in [-0.25, -0.2) is 0 Å². The second-order valence-corrected chi connectivity index (χ2v) is 4.03. The van der Waals surface area contributed by atoms with Crippen LogP contribution in [0, 0.1) is 0 Å². The van der Waals surface area contributed by atoms with E-state index in [0.29, 0.717) is 4.99 Å². The standard InChI is InChI=1S/C12H14N4S/c1-2-16-8-7-11(15-16)14-10-6-4-3-5-9(10)12(13)17/h3-8H,2H2,1H3,(H2,13,17)(H,14,15). The first-order valence-electron chi connectivity index (χ1n) is 5.40. The highest BCUT2D eigenvalue weighted by molar-refractivity contribution is 7.80. The summed E-state index contributed by atoms with van der Waals surface area (Å²) in [5.41, 5.74) is 7.37. The Morgan fingerprint density at radius 1 is 1.41 bits per heavy atom. The van der Waals surface area contributed by atoms with Crippen LogP contribution in [-0.2, 0) is 6.54 Å². The molecule has 0 unspecified atom stereocenters.